The minimum atomic E-state index is 0.409. The summed E-state index contributed by atoms with van der Waals surface area (Å²) in [5.41, 5.74) is 0. The lowest BCUT2D eigenvalue weighted by atomic mass is 10.1. The van der Waals surface area contributed by atoms with Crippen molar-refractivity contribution < 1.29 is 4.74 Å². The molecule has 0 radical (unpaired) electrons. The van der Waals surface area contributed by atoms with E-state index in [4.69, 9.17) is 4.74 Å². The third kappa shape index (κ3) is 3.02. The van der Waals surface area contributed by atoms with E-state index in [1.165, 1.54) is 25.7 Å². The standard InChI is InChI=1S/C12H21NO/c1-10(11-5-6-11)8-13-9-12-4-2-3-7-14-12/h3,7,10-13H,2,4-6,8-9H2,1H3. The van der Waals surface area contributed by atoms with Crippen LogP contribution in [0.3, 0.4) is 0 Å². The molecule has 2 rings (SSSR count). The molecule has 0 aromatic rings. The predicted molar refractivity (Wildman–Crippen MR) is 58.0 cm³/mol. The molecule has 0 saturated heterocycles. The van der Waals surface area contributed by atoms with Crippen molar-refractivity contribution in [3.8, 4) is 0 Å². The van der Waals surface area contributed by atoms with Crippen molar-refractivity contribution in [1.29, 1.82) is 0 Å². The van der Waals surface area contributed by atoms with E-state index in [1.54, 1.807) is 0 Å². The first-order chi connectivity index (χ1) is 6.86. The highest BCUT2D eigenvalue weighted by Crippen LogP contribution is 2.36. The van der Waals surface area contributed by atoms with E-state index in [0.29, 0.717) is 6.10 Å². The van der Waals surface area contributed by atoms with Crippen molar-refractivity contribution in [2.24, 2.45) is 11.8 Å². The van der Waals surface area contributed by atoms with Gasteiger partial charge in [0.25, 0.3) is 0 Å². The highest BCUT2D eigenvalue weighted by Gasteiger charge is 2.27. The quantitative estimate of drug-likeness (QED) is 0.727. The van der Waals surface area contributed by atoms with Crippen LogP contribution in [-0.4, -0.2) is 19.2 Å². The Morgan fingerprint density at radius 1 is 1.43 bits per heavy atom. The van der Waals surface area contributed by atoms with Gasteiger partial charge >= 0.3 is 0 Å². The summed E-state index contributed by atoms with van der Waals surface area (Å²) in [7, 11) is 0. The van der Waals surface area contributed by atoms with Gasteiger partial charge < -0.3 is 10.1 Å². The fourth-order valence-corrected chi connectivity index (χ4v) is 2.04. The van der Waals surface area contributed by atoms with Gasteiger partial charge in [0.2, 0.25) is 0 Å². The first-order valence-corrected chi connectivity index (χ1v) is 5.87. The van der Waals surface area contributed by atoms with Crippen LogP contribution in [0.5, 0.6) is 0 Å². The van der Waals surface area contributed by atoms with Crippen LogP contribution in [0.15, 0.2) is 12.3 Å². The molecular weight excluding hydrogens is 174 g/mol. The van der Waals surface area contributed by atoms with Gasteiger partial charge in [-0.1, -0.05) is 6.92 Å². The molecule has 1 aliphatic carbocycles. The second-order valence-electron chi connectivity index (χ2n) is 4.68. The second kappa shape index (κ2) is 4.83. The lowest BCUT2D eigenvalue weighted by Crippen LogP contribution is -2.32. The van der Waals surface area contributed by atoms with Crippen LogP contribution in [0.2, 0.25) is 0 Å². The average molecular weight is 195 g/mol. The molecule has 1 N–H and O–H groups in total. The van der Waals surface area contributed by atoms with E-state index in [9.17, 15) is 0 Å². The largest absolute Gasteiger partial charge is 0.497 e. The third-order valence-electron chi connectivity index (χ3n) is 3.29. The molecule has 1 saturated carbocycles. The summed E-state index contributed by atoms with van der Waals surface area (Å²) in [6.45, 7) is 4.53. The normalized spacial score (nSPS) is 28.5. The lowest BCUT2D eigenvalue weighted by Gasteiger charge is -2.20. The Balaban J connectivity index is 1.55. The highest BCUT2D eigenvalue weighted by atomic mass is 16.5. The number of allylic oxidation sites excluding steroid dienone is 1. The zero-order valence-corrected chi connectivity index (χ0v) is 9.04. The summed E-state index contributed by atoms with van der Waals surface area (Å²) < 4.78 is 5.49. The van der Waals surface area contributed by atoms with Gasteiger partial charge in [0.1, 0.15) is 6.10 Å². The van der Waals surface area contributed by atoms with Crippen LogP contribution in [0.1, 0.15) is 32.6 Å². The molecule has 14 heavy (non-hydrogen) atoms. The molecule has 80 valence electrons. The molecular formula is C12H21NO. The van der Waals surface area contributed by atoms with Gasteiger partial charge in [-0.25, -0.2) is 0 Å². The van der Waals surface area contributed by atoms with Crippen molar-refractivity contribution in [3.05, 3.63) is 12.3 Å². The number of ether oxygens (including phenoxy) is 1. The smallest absolute Gasteiger partial charge is 0.110 e. The Morgan fingerprint density at radius 3 is 2.93 bits per heavy atom. The molecule has 1 fully saturated rings. The number of rotatable bonds is 5. The van der Waals surface area contributed by atoms with E-state index in [-0.39, 0.29) is 0 Å². The molecule has 0 spiro atoms. The van der Waals surface area contributed by atoms with Crippen LogP contribution >= 0.6 is 0 Å². The van der Waals surface area contributed by atoms with E-state index >= 15 is 0 Å². The fourth-order valence-electron chi connectivity index (χ4n) is 2.04. The van der Waals surface area contributed by atoms with Gasteiger partial charge in [0, 0.05) is 6.54 Å². The number of hydrogen-bond donors (Lipinski definition) is 1. The maximum atomic E-state index is 5.49. The molecule has 0 amide bonds. The van der Waals surface area contributed by atoms with E-state index in [2.05, 4.69) is 18.3 Å². The topological polar surface area (TPSA) is 21.3 Å². The van der Waals surface area contributed by atoms with Crippen LogP contribution in [0.25, 0.3) is 0 Å². The zero-order valence-electron chi connectivity index (χ0n) is 9.04. The first kappa shape index (κ1) is 10.0. The average Bonchev–Trinajstić information content (AvgIpc) is 3.02. The molecule has 2 aliphatic rings. The van der Waals surface area contributed by atoms with Gasteiger partial charge in [-0.05, 0) is 50.1 Å². The molecule has 0 bridgehead atoms. The summed E-state index contributed by atoms with van der Waals surface area (Å²) in [5.74, 6) is 1.86. The first-order valence-electron chi connectivity index (χ1n) is 5.87. The second-order valence-corrected chi connectivity index (χ2v) is 4.68. The fraction of sp³-hybridized carbons (Fsp3) is 0.833. The van der Waals surface area contributed by atoms with E-state index in [1.807, 2.05) is 6.26 Å². The Bertz CT molecular complexity index is 198. The molecule has 1 aliphatic heterocycles. The Morgan fingerprint density at radius 2 is 2.29 bits per heavy atom. The summed E-state index contributed by atoms with van der Waals surface area (Å²) in [6.07, 6.45) is 9.60. The SMILES string of the molecule is CC(CNCC1CCC=CO1)C1CC1. The lowest BCUT2D eigenvalue weighted by molar-refractivity contribution is 0.121. The van der Waals surface area contributed by atoms with Gasteiger partial charge in [-0.2, -0.15) is 0 Å². The maximum Gasteiger partial charge on any atom is 0.110 e. The number of nitrogens with one attached hydrogen (secondary N) is 1. The van der Waals surface area contributed by atoms with Crippen molar-refractivity contribution in [2.45, 2.75) is 38.7 Å². The van der Waals surface area contributed by atoms with Crippen molar-refractivity contribution in [2.75, 3.05) is 13.1 Å². The number of hydrogen-bond acceptors (Lipinski definition) is 2. The third-order valence-corrected chi connectivity index (χ3v) is 3.29. The molecule has 0 aromatic heterocycles. The monoisotopic (exact) mass is 195 g/mol. The van der Waals surface area contributed by atoms with Crippen LogP contribution in [0, 0.1) is 11.8 Å². The van der Waals surface area contributed by atoms with E-state index < -0.39 is 0 Å². The van der Waals surface area contributed by atoms with Crippen LogP contribution in [-0.2, 0) is 4.74 Å². The van der Waals surface area contributed by atoms with Gasteiger partial charge in [-0.3, -0.25) is 0 Å². The van der Waals surface area contributed by atoms with E-state index in [0.717, 1.165) is 24.9 Å². The zero-order chi connectivity index (χ0) is 9.80. The van der Waals surface area contributed by atoms with Gasteiger partial charge in [0.15, 0.2) is 0 Å². The Labute approximate surface area is 86.7 Å². The highest BCUT2D eigenvalue weighted by molar-refractivity contribution is 4.84. The van der Waals surface area contributed by atoms with Crippen LogP contribution < -0.4 is 5.32 Å². The Kier molecular flexibility index (Phi) is 3.46. The molecule has 2 nitrogen and oxygen atoms in total. The van der Waals surface area contributed by atoms with Gasteiger partial charge in [0.05, 0.1) is 6.26 Å². The maximum absolute atomic E-state index is 5.49. The summed E-state index contributed by atoms with van der Waals surface area (Å²) in [5, 5.41) is 3.52. The molecule has 2 heteroatoms. The summed E-state index contributed by atoms with van der Waals surface area (Å²) in [6, 6.07) is 0. The van der Waals surface area contributed by atoms with Gasteiger partial charge in [-0.15, -0.1) is 0 Å². The van der Waals surface area contributed by atoms with Crippen molar-refractivity contribution in [3.63, 3.8) is 0 Å². The Hall–Kier alpha value is -0.500. The molecule has 2 atom stereocenters. The summed E-state index contributed by atoms with van der Waals surface area (Å²) >= 11 is 0. The van der Waals surface area contributed by atoms with Crippen molar-refractivity contribution in [1.82, 2.24) is 5.32 Å². The molecule has 2 unspecified atom stereocenters. The minimum Gasteiger partial charge on any atom is -0.497 e. The minimum absolute atomic E-state index is 0.409. The van der Waals surface area contributed by atoms with Crippen molar-refractivity contribution >= 4 is 0 Å². The predicted octanol–water partition coefficient (Wildman–Crippen LogP) is 2.31. The molecule has 0 aromatic carbocycles. The summed E-state index contributed by atoms with van der Waals surface area (Å²) in [4.78, 5) is 0. The molecule has 1 heterocycles. The van der Waals surface area contributed by atoms with Crippen LogP contribution in [0.4, 0.5) is 0 Å².